The minimum absolute atomic E-state index is 0.223. The van der Waals surface area contributed by atoms with Gasteiger partial charge in [-0.1, -0.05) is 24.4 Å². The first-order valence-electron chi connectivity index (χ1n) is 6.05. The number of benzene rings is 1. The molecule has 0 aromatic heterocycles. The Hall–Kier alpha value is -1.04. The molecular formula is C13H18FN3S. The fourth-order valence-electron chi connectivity index (χ4n) is 2.08. The maximum absolute atomic E-state index is 13.9. The monoisotopic (exact) mass is 267 g/mol. The standard InChI is InChI=1S/C13H18FN3S/c1-16-4-6-17(7-5-16)9-11-3-2-10(13(15)18)8-12(11)14/h2-3,8H,4-7,9H2,1H3,(H2,15,18). The highest BCUT2D eigenvalue weighted by molar-refractivity contribution is 7.80. The highest BCUT2D eigenvalue weighted by atomic mass is 32.1. The minimum Gasteiger partial charge on any atom is -0.389 e. The van der Waals surface area contributed by atoms with Crippen LogP contribution in [0, 0.1) is 5.82 Å². The van der Waals surface area contributed by atoms with E-state index in [2.05, 4.69) is 16.8 Å². The summed E-state index contributed by atoms with van der Waals surface area (Å²) >= 11 is 4.83. The van der Waals surface area contributed by atoms with Gasteiger partial charge in [0.25, 0.3) is 0 Å². The van der Waals surface area contributed by atoms with Crippen molar-refractivity contribution in [2.75, 3.05) is 33.2 Å². The quantitative estimate of drug-likeness (QED) is 0.834. The number of thiocarbonyl (C=S) groups is 1. The lowest BCUT2D eigenvalue weighted by Crippen LogP contribution is -2.44. The molecule has 1 fully saturated rings. The molecule has 2 rings (SSSR count). The predicted molar refractivity (Wildman–Crippen MR) is 75.1 cm³/mol. The van der Waals surface area contributed by atoms with Crippen LogP contribution in [0.5, 0.6) is 0 Å². The third-order valence-corrected chi connectivity index (χ3v) is 3.56. The van der Waals surface area contributed by atoms with Gasteiger partial charge in [-0.25, -0.2) is 4.39 Å². The molecule has 1 saturated heterocycles. The van der Waals surface area contributed by atoms with Crippen molar-refractivity contribution in [3.05, 3.63) is 35.1 Å². The topological polar surface area (TPSA) is 32.5 Å². The second kappa shape index (κ2) is 5.73. The van der Waals surface area contributed by atoms with Gasteiger partial charge in [-0.15, -0.1) is 0 Å². The first kappa shape index (κ1) is 13.4. The molecule has 18 heavy (non-hydrogen) atoms. The van der Waals surface area contributed by atoms with E-state index in [4.69, 9.17) is 18.0 Å². The van der Waals surface area contributed by atoms with Crippen LogP contribution >= 0.6 is 12.2 Å². The van der Waals surface area contributed by atoms with Gasteiger partial charge in [0.1, 0.15) is 10.8 Å². The van der Waals surface area contributed by atoms with Crippen LogP contribution in [0.3, 0.4) is 0 Å². The number of piperazine rings is 1. The molecule has 0 amide bonds. The zero-order valence-corrected chi connectivity index (χ0v) is 11.3. The molecule has 1 heterocycles. The zero-order chi connectivity index (χ0) is 13.1. The lowest BCUT2D eigenvalue weighted by molar-refractivity contribution is 0.147. The highest BCUT2D eigenvalue weighted by Gasteiger charge is 2.15. The molecule has 1 aromatic carbocycles. The Morgan fingerprint density at radius 1 is 1.33 bits per heavy atom. The summed E-state index contributed by atoms with van der Waals surface area (Å²) in [6.07, 6.45) is 0. The molecule has 0 aliphatic carbocycles. The van der Waals surface area contributed by atoms with Crippen molar-refractivity contribution in [2.24, 2.45) is 5.73 Å². The lowest BCUT2D eigenvalue weighted by atomic mass is 10.1. The van der Waals surface area contributed by atoms with Crippen molar-refractivity contribution in [3.8, 4) is 0 Å². The van der Waals surface area contributed by atoms with E-state index >= 15 is 0 Å². The molecule has 0 spiro atoms. The van der Waals surface area contributed by atoms with Crippen LogP contribution in [0.4, 0.5) is 4.39 Å². The molecule has 1 aromatic rings. The Morgan fingerprint density at radius 3 is 2.56 bits per heavy atom. The fourth-order valence-corrected chi connectivity index (χ4v) is 2.20. The summed E-state index contributed by atoms with van der Waals surface area (Å²) in [6.45, 7) is 4.68. The number of halogens is 1. The van der Waals surface area contributed by atoms with Gasteiger partial charge in [-0.2, -0.15) is 0 Å². The van der Waals surface area contributed by atoms with Crippen LogP contribution in [0.2, 0.25) is 0 Å². The van der Waals surface area contributed by atoms with E-state index in [-0.39, 0.29) is 10.8 Å². The molecule has 0 atom stereocenters. The van der Waals surface area contributed by atoms with Crippen molar-refractivity contribution in [1.29, 1.82) is 0 Å². The molecule has 0 unspecified atom stereocenters. The van der Waals surface area contributed by atoms with E-state index in [0.717, 1.165) is 26.2 Å². The summed E-state index contributed by atoms with van der Waals surface area (Å²) in [6, 6.07) is 4.99. The third-order valence-electron chi connectivity index (χ3n) is 3.33. The van der Waals surface area contributed by atoms with Crippen molar-refractivity contribution >= 4 is 17.2 Å². The smallest absolute Gasteiger partial charge is 0.128 e. The molecule has 3 nitrogen and oxygen atoms in total. The number of hydrogen-bond donors (Lipinski definition) is 1. The average Bonchev–Trinajstić information content (AvgIpc) is 2.34. The molecule has 1 aliphatic rings. The van der Waals surface area contributed by atoms with Gasteiger partial charge in [0.05, 0.1) is 0 Å². The Kier molecular flexibility index (Phi) is 4.27. The maximum Gasteiger partial charge on any atom is 0.128 e. The molecule has 0 saturated carbocycles. The summed E-state index contributed by atoms with van der Waals surface area (Å²) in [5.41, 5.74) is 6.78. The molecule has 98 valence electrons. The van der Waals surface area contributed by atoms with Gasteiger partial charge in [0.2, 0.25) is 0 Å². The van der Waals surface area contributed by atoms with E-state index in [1.165, 1.54) is 6.07 Å². The molecular weight excluding hydrogens is 249 g/mol. The van der Waals surface area contributed by atoms with Crippen molar-refractivity contribution < 1.29 is 4.39 Å². The largest absolute Gasteiger partial charge is 0.389 e. The van der Waals surface area contributed by atoms with Crippen LogP contribution in [-0.2, 0) is 6.54 Å². The number of nitrogens with two attached hydrogens (primary N) is 1. The molecule has 5 heteroatoms. The van der Waals surface area contributed by atoms with Crippen LogP contribution in [-0.4, -0.2) is 48.0 Å². The van der Waals surface area contributed by atoms with Gasteiger partial charge in [-0.05, 0) is 13.1 Å². The summed E-state index contributed by atoms with van der Waals surface area (Å²) in [4.78, 5) is 4.78. The Morgan fingerprint density at radius 2 is 2.00 bits per heavy atom. The van der Waals surface area contributed by atoms with Crippen molar-refractivity contribution in [1.82, 2.24) is 9.80 Å². The summed E-state index contributed by atoms with van der Waals surface area (Å²) in [7, 11) is 2.11. The highest BCUT2D eigenvalue weighted by Crippen LogP contribution is 2.14. The van der Waals surface area contributed by atoms with Crippen LogP contribution in [0.15, 0.2) is 18.2 Å². The Labute approximate surface area is 112 Å². The summed E-state index contributed by atoms with van der Waals surface area (Å²) in [5.74, 6) is -0.223. The van der Waals surface area contributed by atoms with Gasteiger partial charge in [0.15, 0.2) is 0 Å². The number of nitrogens with zero attached hydrogens (tertiary/aromatic N) is 2. The van der Waals surface area contributed by atoms with Crippen molar-refractivity contribution in [3.63, 3.8) is 0 Å². The van der Waals surface area contributed by atoms with Crippen LogP contribution in [0.25, 0.3) is 0 Å². The summed E-state index contributed by atoms with van der Waals surface area (Å²) < 4.78 is 13.9. The predicted octanol–water partition coefficient (Wildman–Crippen LogP) is 1.21. The first-order chi connectivity index (χ1) is 8.56. The second-order valence-electron chi connectivity index (χ2n) is 4.75. The maximum atomic E-state index is 13.9. The first-order valence-corrected chi connectivity index (χ1v) is 6.46. The van der Waals surface area contributed by atoms with Crippen LogP contribution in [0.1, 0.15) is 11.1 Å². The van der Waals surface area contributed by atoms with E-state index in [0.29, 0.717) is 17.7 Å². The SMILES string of the molecule is CN1CCN(Cc2ccc(C(N)=S)cc2F)CC1. The summed E-state index contributed by atoms with van der Waals surface area (Å²) in [5, 5.41) is 0. The van der Waals surface area contributed by atoms with E-state index < -0.39 is 0 Å². The Bertz CT molecular complexity index is 442. The van der Waals surface area contributed by atoms with Gasteiger partial charge >= 0.3 is 0 Å². The van der Waals surface area contributed by atoms with Gasteiger partial charge in [-0.3, -0.25) is 4.90 Å². The Balaban J connectivity index is 2.03. The fraction of sp³-hybridized carbons (Fsp3) is 0.462. The third kappa shape index (κ3) is 3.25. The lowest BCUT2D eigenvalue weighted by Gasteiger charge is -2.32. The van der Waals surface area contributed by atoms with E-state index in [9.17, 15) is 4.39 Å². The van der Waals surface area contributed by atoms with Gasteiger partial charge < -0.3 is 10.6 Å². The molecule has 0 radical (unpaired) electrons. The molecule has 2 N–H and O–H groups in total. The second-order valence-corrected chi connectivity index (χ2v) is 5.19. The normalized spacial score (nSPS) is 17.9. The number of hydrogen-bond acceptors (Lipinski definition) is 3. The van der Waals surface area contributed by atoms with E-state index in [1.807, 2.05) is 0 Å². The van der Waals surface area contributed by atoms with Crippen molar-refractivity contribution in [2.45, 2.75) is 6.54 Å². The molecule has 0 bridgehead atoms. The molecule has 1 aliphatic heterocycles. The zero-order valence-electron chi connectivity index (χ0n) is 10.5. The van der Waals surface area contributed by atoms with Crippen LogP contribution < -0.4 is 5.73 Å². The number of rotatable bonds is 3. The number of likely N-dealkylation sites (N-methyl/N-ethyl adjacent to an activating group) is 1. The van der Waals surface area contributed by atoms with Gasteiger partial charge in [0, 0.05) is 43.9 Å². The minimum atomic E-state index is -0.223. The average molecular weight is 267 g/mol. The van der Waals surface area contributed by atoms with E-state index in [1.54, 1.807) is 12.1 Å².